The number of aryl methyl sites for hydroxylation is 2. The molecule has 0 aliphatic carbocycles. The van der Waals surface area contributed by atoms with Crippen LogP contribution in [0.3, 0.4) is 0 Å². The van der Waals surface area contributed by atoms with E-state index in [1.54, 1.807) is 0 Å². The molecule has 0 spiro atoms. The summed E-state index contributed by atoms with van der Waals surface area (Å²) in [5.41, 5.74) is 7.24. The maximum Gasteiger partial charge on any atom is 0.251 e. The molecule has 1 N–H and O–H groups in total. The molecule has 1 amide bonds. The van der Waals surface area contributed by atoms with Crippen molar-refractivity contribution in [1.29, 1.82) is 0 Å². The molecule has 2 aromatic heterocycles. The van der Waals surface area contributed by atoms with E-state index in [0.717, 1.165) is 33.3 Å². The van der Waals surface area contributed by atoms with Gasteiger partial charge in [0.15, 0.2) is 0 Å². The van der Waals surface area contributed by atoms with Crippen molar-refractivity contribution in [2.75, 3.05) is 0 Å². The lowest BCUT2D eigenvalue weighted by atomic mass is 10.0. The van der Waals surface area contributed by atoms with Crippen molar-refractivity contribution in [3.63, 3.8) is 0 Å². The van der Waals surface area contributed by atoms with Crippen LogP contribution in [0.25, 0.3) is 32.9 Å². The summed E-state index contributed by atoms with van der Waals surface area (Å²) in [7, 11) is 2.04. The summed E-state index contributed by atoms with van der Waals surface area (Å²) in [6.45, 7) is 2.48. The maximum absolute atomic E-state index is 12.8. The molecule has 0 unspecified atom stereocenters. The molecule has 5 aromatic rings. The molecule has 3 aromatic carbocycles. The van der Waals surface area contributed by atoms with Crippen molar-refractivity contribution >= 4 is 27.7 Å². The van der Waals surface area contributed by atoms with Gasteiger partial charge in [-0.05, 0) is 53.9 Å². The quantitative estimate of drug-likeness (QED) is 0.421. The predicted molar refractivity (Wildman–Crippen MR) is 126 cm³/mol. The molecule has 5 rings (SSSR count). The summed E-state index contributed by atoms with van der Waals surface area (Å²) in [5.74, 6) is -0.0685. The van der Waals surface area contributed by atoms with Gasteiger partial charge in [-0.15, -0.1) is 0 Å². The number of benzene rings is 3. The van der Waals surface area contributed by atoms with Crippen LogP contribution in [0.5, 0.6) is 0 Å². The fraction of sp³-hybridized carbons (Fsp3) is 0.111. The topological polar surface area (TPSA) is 46.9 Å². The van der Waals surface area contributed by atoms with Crippen LogP contribution in [0, 0.1) is 6.92 Å². The number of aromatic nitrogens is 2. The van der Waals surface area contributed by atoms with Crippen LogP contribution in [0.15, 0.2) is 85.1 Å². The summed E-state index contributed by atoms with van der Waals surface area (Å²) in [4.78, 5) is 17.0. The Bertz CT molecular complexity index is 1410. The second kappa shape index (κ2) is 7.73. The second-order valence-electron chi connectivity index (χ2n) is 7.87. The number of nitrogens with one attached hydrogen (secondary N) is 1. The Morgan fingerprint density at radius 2 is 1.65 bits per heavy atom. The Balaban J connectivity index is 1.33. The first-order valence-corrected chi connectivity index (χ1v) is 10.4. The first-order chi connectivity index (χ1) is 15.1. The van der Waals surface area contributed by atoms with Gasteiger partial charge in [0, 0.05) is 52.9 Å². The third-order valence-electron chi connectivity index (χ3n) is 5.81. The number of hydrogen-bond donors (Lipinski definition) is 1. The molecule has 0 radical (unpaired) electrons. The van der Waals surface area contributed by atoms with E-state index in [4.69, 9.17) is 0 Å². The van der Waals surface area contributed by atoms with Crippen LogP contribution < -0.4 is 5.32 Å². The Morgan fingerprint density at radius 1 is 0.871 bits per heavy atom. The smallest absolute Gasteiger partial charge is 0.251 e. The van der Waals surface area contributed by atoms with Crippen LogP contribution in [-0.2, 0) is 13.6 Å². The lowest BCUT2D eigenvalue weighted by Gasteiger charge is -2.08. The van der Waals surface area contributed by atoms with Crippen LogP contribution in [0.4, 0.5) is 0 Å². The number of carbonyl (C=O) groups is 1. The molecular weight excluding hydrogens is 382 g/mol. The first kappa shape index (κ1) is 19.1. The highest BCUT2D eigenvalue weighted by Crippen LogP contribution is 2.28. The highest BCUT2D eigenvalue weighted by atomic mass is 16.1. The van der Waals surface area contributed by atoms with Crippen LogP contribution in [0.2, 0.25) is 0 Å². The second-order valence-corrected chi connectivity index (χ2v) is 7.87. The van der Waals surface area contributed by atoms with Gasteiger partial charge in [0.25, 0.3) is 5.91 Å². The largest absolute Gasteiger partial charge is 0.348 e. The maximum atomic E-state index is 12.8. The van der Waals surface area contributed by atoms with Gasteiger partial charge >= 0.3 is 0 Å². The molecule has 4 heteroatoms. The van der Waals surface area contributed by atoms with Crippen molar-refractivity contribution in [3.8, 4) is 11.1 Å². The normalized spacial score (nSPS) is 11.2. The molecular formula is C27H23N3O. The van der Waals surface area contributed by atoms with Crippen LogP contribution in [0.1, 0.15) is 21.6 Å². The number of fused-ring (bicyclic) bond motifs is 3. The van der Waals surface area contributed by atoms with Gasteiger partial charge in [0.05, 0.1) is 0 Å². The van der Waals surface area contributed by atoms with Gasteiger partial charge in [0.2, 0.25) is 0 Å². The summed E-state index contributed by atoms with van der Waals surface area (Å²) >= 11 is 0. The molecule has 31 heavy (non-hydrogen) atoms. The Hall–Kier alpha value is -3.92. The molecule has 0 fully saturated rings. The molecule has 0 aliphatic heterocycles. The zero-order valence-corrected chi connectivity index (χ0v) is 17.6. The lowest BCUT2D eigenvalue weighted by molar-refractivity contribution is 0.0951. The van der Waals surface area contributed by atoms with E-state index < -0.39 is 0 Å². The predicted octanol–water partition coefficient (Wildman–Crippen LogP) is 5.63. The van der Waals surface area contributed by atoms with Gasteiger partial charge < -0.3 is 9.88 Å². The van der Waals surface area contributed by atoms with Crippen molar-refractivity contribution < 1.29 is 4.79 Å². The molecule has 0 bridgehead atoms. The van der Waals surface area contributed by atoms with Crippen LogP contribution in [-0.4, -0.2) is 15.5 Å². The van der Waals surface area contributed by atoms with Gasteiger partial charge in [-0.2, -0.15) is 0 Å². The fourth-order valence-corrected chi connectivity index (χ4v) is 4.13. The Labute approximate surface area is 181 Å². The average Bonchev–Trinajstić information content (AvgIpc) is 3.09. The minimum atomic E-state index is -0.0685. The Kier molecular flexibility index (Phi) is 4.75. The van der Waals surface area contributed by atoms with Crippen molar-refractivity contribution in [1.82, 2.24) is 14.9 Å². The number of para-hydroxylation sites is 1. The minimum Gasteiger partial charge on any atom is -0.348 e. The molecule has 4 nitrogen and oxygen atoms in total. The monoisotopic (exact) mass is 405 g/mol. The van der Waals surface area contributed by atoms with E-state index in [0.29, 0.717) is 12.1 Å². The Morgan fingerprint density at radius 3 is 2.45 bits per heavy atom. The molecule has 0 saturated carbocycles. The van der Waals surface area contributed by atoms with Gasteiger partial charge in [-0.1, -0.05) is 48.5 Å². The minimum absolute atomic E-state index is 0.0685. The third-order valence-corrected chi connectivity index (χ3v) is 5.81. The summed E-state index contributed by atoms with van der Waals surface area (Å²) in [5, 5.41) is 5.41. The van der Waals surface area contributed by atoms with Crippen molar-refractivity contribution in [2.24, 2.45) is 7.05 Å². The van der Waals surface area contributed by atoms with E-state index in [2.05, 4.69) is 57.3 Å². The zero-order chi connectivity index (χ0) is 21.4. The zero-order valence-electron chi connectivity index (χ0n) is 17.6. The number of nitrogens with zero attached hydrogens (tertiary/aromatic N) is 2. The van der Waals surface area contributed by atoms with Gasteiger partial charge in [-0.3, -0.25) is 9.78 Å². The SMILES string of the molecule is Cc1cc(-c2ccc(CNC(=O)c3ccc4c5ccccc5n(C)c4c3)cc2)ccn1. The van der Waals surface area contributed by atoms with E-state index in [9.17, 15) is 4.79 Å². The lowest BCUT2D eigenvalue weighted by Crippen LogP contribution is -2.22. The summed E-state index contributed by atoms with van der Waals surface area (Å²) in [6, 6.07) is 26.6. The number of pyridine rings is 1. The highest BCUT2D eigenvalue weighted by Gasteiger charge is 2.11. The molecule has 0 aliphatic rings. The fourth-order valence-electron chi connectivity index (χ4n) is 4.13. The molecule has 2 heterocycles. The van der Waals surface area contributed by atoms with Gasteiger partial charge in [-0.25, -0.2) is 0 Å². The van der Waals surface area contributed by atoms with E-state index in [1.165, 1.54) is 10.9 Å². The number of hydrogen-bond acceptors (Lipinski definition) is 2. The molecule has 152 valence electrons. The summed E-state index contributed by atoms with van der Waals surface area (Å²) < 4.78 is 2.14. The third kappa shape index (κ3) is 3.57. The number of amides is 1. The summed E-state index contributed by atoms with van der Waals surface area (Å²) in [6.07, 6.45) is 1.82. The average molecular weight is 406 g/mol. The molecule has 0 atom stereocenters. The van der Waals surface area contributed by atoms with E-state index in [-0.39, 0.29) is 5.91 Å². The number of rotatable bonds is 4. The first-order valence-electron chi connectivity index (χ1n) is 10.4. The van der Waals surface area contributed by atoms with E-state index >= 15 is 0 Å². The van der Waals surface area contributed by atoms with E-state index in [1.807, 2.05) is 56.6 Å². The van der Waals surface area contributed by atoms with Gasteiger partial charge in [0.1, 0.15) is 0 Å². The standard InChI is InChI=1S/C27H23N3O/c1-18-15-21(13-14-28-18)20-9-7-19(8-10-20)17-29-27(31)22-11-12-24-23-5-3-4-6-25(23)30(2)26(24)16-22/h3-16H,17H2,1-2H3,(H,29,31). The van der Waals surface area contributed by atoms with Crippen LogP contribution >= 0.6 is 0 Å². The highest BCUT2D eigenvalue weighted by molar-refractivity contribution is 6.10. The molecule has 0 saturated heterocycles. The van der Waals surface area contributed by atoms with Crippen molar-refractivity contribution in [2.45, 2.75) is 13.5 Å². The number of carbonyl (C=O) groups excluding carboxylic acids is 1. The van der Waals surface area contributed by atoms with Crippen molar-refractivity contribution in [3.05, 3.63) is 102 Å².